The molecule has 8 heteroatoms. The number of ether oxygens (including phenoxy) is 1. The summed E-state index contributed by atoms with van der Waals surface area (Å²) in [5.41, 5.74) is 0. The SMILES string of the molecule is CCN(CC)C(=O)CCCC(=O)N(C)CCCOc1cccc(S(C)(=O)=O)c1. The molecule has 0 radical (unpaired) electrons. The Balaban J connectivity index is 2.30. The summed E-state index contributed by atoms with van der Waals surface area (Å²) in [5.74, 6) is 0.586. The van der Waals surface area contributed by atoms with Gasteiger partial charge in [0.25, 0.3) is 0 Å². The molecular weight excluding hydrogens is 380 g/mol. The number of hydrogen-bond acceptors (Lipinski definition) is 5. The lowest BCUT2D eigenvalue weighted by Gasteiger charge is -2.19. The van der Waals surface area contributed by atoms with Gasteiger partial charge in [-0.3, -0.25) is 9.59 Å². The first-order valence-electron chi connectivity index (χ1n) is 9.63. The minimum Gasteiger partial charge on any atom is -0.493 e. The molecule has 0 atom stereocenters. The van der Waals surface area contributed by atoms with Crippen LogP contribution in [0.1, 0.15) is 39.5 Å². The molecule has 0 saturated heterocycles. The van der Waals surface area contributed by atoms with E-state index in [0.717, 1.165) is 6.26 Å². The molecule has 7 nitrogen and oxygen atoms in total. The van der Waals surface area contributed by atoms with Crippen LogP contribution in [0.3, 0.4) is 0 Å². The van der Waals surface area contributed by atoms with Gasteiger partial charge >= 0.3 is 0 Å². The van der Waals surface area contributed by atoms with Gasteiger partial charge < -0.3 is 14.5 Å². The van der Waals surface area contributed by atoms with Crippen LogP contribution < -0.4 is 4.74 Å². The maximum absolute atomic E-state index is 12.1. The average molecular weight is 413 g/mol. The van der Waals surface area contributed by atoms with Gasteiger partial charge in [-0.2, -0.15) is 0 Å². The molecule has 0 saturated carbocycles. The van der Waals surface area contributed by atoms with Crippen LogP contribution in [0.4, 0.5) is 0 Å². The van der Waals surface area contributed by atoms with E-state index in [1.807, 2.05) is 13.8 Å². The lowest BCUT2D eigenvalue weighted by molar-refractivity contribution is -0.132. The molecule has 0 spiro atoms. The molecule has 0 aliphatic rings. The van der Waals surface area contributed by atoms with E-state index in [2.05, 4.69) is 0 Å². The molecule has 1 aromatic carbocycles. The van der Waals surface area contributed by atoms with Crippen molar-refractivity contribution in [3.8, 4) is 5.75 Å². The van der Waals surface area contributed by atoms with Crippen molar-refractivity contribution >= 4 is 21.7 Å². The molecule has 0 aliphatic heterocycles. The van der Waals surface area contributed by atoms with Gasteiger partial charge in [-0.1, -0.05) is 6.07 Å². The van der Waals surface area contributed by atoms with E-state index in [0.29, 0.717) is 57.7 Å². The molecule has 1 aromatic rings. The van der Waals surface area contributed by atoms with Crippen LogP contribution in [0.2, 0.25) is 0 Å². The van der Waals surface area contributed by atoms with Crippen molar-refractivity contribution in [3.63, 3.8) is 0 Å². The number of carbonyl (C=O) groups excluding carboxylic acids is 2. The summed E-state index contributed by atoms with van der Waals surface area (Å²) in [7, 11) is -1.53. The molecule has 1 rings (SSSR count). The molecular formula is C20H32N2O5S. The number of carbonyl (C=O) groups is 2. The molecule has 158 valence electrons. The van der Waals surface area contributed by atoms with Crippen molar-refractivity contribution in [1.29, 1.82) is 0 Å². The molecule has 0 fully saturated rings. The molecule has 28 heavy (non-hydrogen) atoms. The molecule has 0 aliphatic carbocycles. The quantitative estimate of drug-likeness (QED) is 0.492. The average Bonchev–Trinajstić information content (AvgIpc) is 2.65. The zero-order chi connectivity index (χ0) is 21.2. The molecule has 0 heterocycles. The van der Waals surface area contributed by atoms with Crippen molar-refractivity contribution in [2.75, 3.05) is 39.5 Å². The van der Waals surface area contributed by atoms with Crippen LogP contribution in [-0.2, 0) is 19.4 Å². The fourth-order valence-electron chi connectivity index (χ4n) is 2.73. The Morgan fingerprint density at radius 2 is 1.68 bits per heavy atom. The predicted molar refractivity (Wildman–Crippen MR) is 109 cm³/mol. The Hall–Kier alpha value is -2.09. The maximum Gasteiger partial charge on any atom is 0.222 e. The molecule has 0 N–H and O–H groups in total. The third kappa shape index (κ3) is 8.29. The van der Waals surface area contributed by atoms with E-state index in [1.165, 1.54) is 12.1 Å². The van der Waals surface area contributed by atoms with Crippen LogP contribution in [0.15, 0.2) is 29.2 Å². The van der Waals surface area contributed by atoms with Gasteiger partial charge in [0.05, 0.1) is 11.5 Å². The Morgan fingerprint density at radius 3 is 2.29 bits per heavy atom. The summed E-state index contributed by atoms with van der Waals surface area (Å²) in [6.45, 7) is 6.19. The minimum atomic E-state index is -3.26. The van der Waals surface area contributed by atoms with Crippen LogP contribution in [-0.4, -0.2) is 69.6 Å². The highest BCUT2D eigenvalue weighted by molar-refractivity contribution is 7.90. The molecule has 0 bridgehead atoms. The first-order chi connectivity index (χ1) is 13.2. The van der Waals surface area contributed by atoms with E-state index >= 15 is 0 Å². The highest BCUT2D eigenvalue weighted by Gasteiger charge is 2.13. The number of hydrogen-bond donors (Lipinski definition) is 0. The Kier molecular flexibility index (Phi) is 9.99. The number of benzene rings is 1. The van der Waals surface area contributed by atoms with E-state index in [-0.39, 0.29) is 16.7 Å². The number of sulfone groups is 1. The number of rotatable bonds is 12. The lowest BCUT2D eigenvalue weighted by Crippen LogP contribution is -2.31. The standard InChI is InChI=1S/C20H32N2O5S/c1-5-22(6-2)20(24)13-8-12-19(23)21(3)14-9-15-27-17-10-7-11-18(16-17)28(4,25)26/h7,10-11,16H,5-6,8-9,12-15H2,1-4H3. The van der Waals surface area contributed by atoms with Crippen LogP contribution in [0, 0.1) is 0 Å². The van der Waals surface area contributed by atoms with E-state index in [9.17, 15) is 18.0 Å². The fourth-order valence-corrected chi connectivity index (χ4v) is 3.38. The van der Waals surface area contributed by atoms with Gasteiger partial charge in [-0.05, 0) is 44.9 Å². The largest absolute Gasteiger partial charge is 0.493 e. The van der Waals surface area contributed by atoms with Gasteiger partial charge in [-0.15, -0.1) is 0 Å². The normalized spacial score (nSPS) is 11.1. The fraction of sp³-hybridized carbons (Fsp3) is 0.600. The van der Waals surface area contributed by atoms with Crippen molar-refractivity contribution in [1.82, 2.24) is 9.80 Å². The summed E-state index contributed by atoms with van der Waals surface area (Å²) in [5, 5.41) is 0. The lowest BCUT2D eigenvalue weighted by atomic mass is 10.2. The number of amides is 2. The van der Waals surface area contributed by atoms with Crippen molar-refractivity contribution in [3.05, 3.63) is 24.3 Å². The number of nitrogens with zero attached hydrogens (tertiary/aromatic N) is 2. The summed E-state index contributed by atoms with van der Waals surface area (Å²) in [6, 6.07) is 6.37. The summed E-state index contributed by atoms with van der Waals surface area (Å²) in [6.07, 6.45) is 3.07. The summed E-state index contributed by atoms with van der Waals surface area (Å²) in [4.78, 5) is 27.7. The first-order valence-corrected chi connectivity index (χ1v) is 11.5. The summed E-state index contributed by atoms with van der Waals surface area (Å²) < 4.78 is 28.7. The second-order valence-corrected chi connectivity index (χ2v) is 8.70. The molecule has 0 aromatic heterocycles. The zero-order valence-electron chi connectivity index (χ0n) is 17.3. The van der Waals surface area contributed by atoms with Gasteiger partial charge in [0.1, 0.15) is 5.75 Å². The highest BCUT2D eigenvalue weighted by atomic mass is 32.2. The summed E-state index contributed by atoms with van der Waals surface area (Å²) >= 11 is 0. The van der Waals surface area contributed by atoms with Gasteiger partial charge in [-0.25, -0.2) is 8.42 Å². The topological polar surface area (TPSA) is 84.0 Å². The monoisotopic (exact) mass is 412 g/mol. The van der Waals surface area contributed by atoms with Crippen molar-refractivity contribution in [2.24, 2.45) is 0 Å². The van der Waals surface area contributed by atoms with Crippen molar-refractivity contribution in [2.45, 2.75) is 44.4 Å². The van der Waals surface area contributed by atoms with Gasteiger partial charge in [0, 0.05) is 45.8 Å². The minimum absolute atomic E-state index is 0.00595. The van der Waals surface area contributed by atoms with Gasteiger partial charge in [0.15, 0.2) is 9.84 Å². The third-order valence-electron chi connectivity index (χ3n) is 4.46. The first kappa shape index (κ1) is 23.9. The second-order valence-electron chi connectivity index (χ2n) is 6.68. The predicted octanol–water partition coefficient (Wildman–Crippen LogP) is 2.36. The smallest absolute Gasteiger partial charge is 0.222 e. The van der Waals surface area contributed by atoms with Gasteiger partial charge in [0.2, 0.25) is 11.8 Å². The van der Waals surface area contributed by atoms with E-state index in [1.54, 1.807) is 29.0 Å². The van der Waals surface area contributed by atoms with Crippen LogP contribution in [0.25, 0.3) is 0 Å². The molecule has 2 amide bonds. The highest BCUT2D eigenvalue weighted by Crippen LogP contribution is 2.17. The third-order valence-corrected chi connectivity index (χ3v) is 5.57. The Morgan fingerprint density at radius 1 is 1.04 bits per heavy atom. The van der Waals surface area contributed by atoms with Crippen LogP contribution >= 0.6 is 0 Å². The Bertz CT molecular complexity index is 745. The van der Waals surface area contributed by atoms with E-state index < -0.39 is 9.84 Å². The molecule has 0 unspecified atom stereocenters. The van der Waals surface area contributed by atoms with Crippen LogP contribution in [0.5, 0.6) is 5.75 Å². The van der Waals surface area contributed by atoms with E-state index in [4.69, 9.17) is 4.74 Å². The van der Waals surface area contributed by atoms with Crippen molar-refractivity contribution < 1.29 is 22.7 Å². The maximum atomic E-state index is 12.1. The zero-order valence-corrected chi connectivity index (χ0v) is 18.1. The second kappa shape index (κ2) is 11.7. The Labute approximate surface area is 168 Å².